The van der Waals surface area contributed by atoms with Gasteiger partial charge in [-0.2, -0.15) is 0 Å². The van der Waals surface area contributed by atoms with Gasteiger partial charge < -0.3 is 0 Å². The third-order valence-corrected chi connectivity index (χ3v) is 9.18. The van der Waals surface area contributed by atoms with E-state index in [2.05, 4.69) is 36.4 Å². The van der Waals surface area contributed by atoms with Crippen LogP contribution in [0.15, 0.2) is 69.4 Å². The van der Waals surface area contributed by atoms with Gasteiger partial charge in [0.25, 0.3) is 0 Å². The minimum atomic E-state index is -1.33. The second-order valence-corrected chi connectivity index (χ2v) is 13.1. The molecule has 2 aromatic rings. The van der Waals surface area contributed by atoms with E-state index in [0.717, 1.165) is 44.7 Å². The van der Waals surface area contributed by atoms with E-state index in [0.29, 0.717) is 6.42 Å². The molecule has 158 valence electrons. The Kier molecular flexibility index (Phi) is 9.05. The molecule has 0 aromatic heterocycles. The lowest BCUT2D eigenvalue weighted by molar-refractivity contribution is 0.326. The maximum absolute atomic E-state index is 13.4. The van der Waals surface area contributed by atoms with Crippen molar-refractivity contribution in [3.63, 3.8) is 0 Å². The van der Waals surface area contributed by atoms with Crippen molar-refractivity contribution in [3.8, 4) is 0 Å². The Morgan fingerprint density at radius 2 is 1.34 bits per heavy atom. The van der Waals surface area contributed by atoms with Crippen molar-refractivity contribution in [1.29, 1.82) is 0 Å². The van der Waals surface area contributed by atoms with Gasteiger partial charge in [0.15, 0.2) is 0 Å². The second kappa shape index (κ2) is 10.8. The molecule has 29 heavy (non-hydrogen) atoms. The number of rotatable bonds is 10. The van der Waals surface area contributed by atoms with Gasteiger partial charge in [0.2, 0.25) is 0 Å². The summed E-state index contributed by atoms with van der Waals surface area (Å²) in [6.45, 7) is 12.4. The Morgan fingerprint density at radius 1 is 0.931 bits per heavy atom. The van der Waals surface area contributed by atoms with Crippen LogP contribution in [-0.2, 0) is 21.6 Å². The van der Waals surface area contributed by atoms with Crippen LogP contribution in [0.2, 0.25) is 0 Å². The Morgan fingerprint density at radius 3 is 1.72 bits per heavy atom. The normalized spacial score (nSPS) is 14.0. The SMILES string of the molecule is C=C(Br)CC(C)(C)CCCC([S@@](=O)c1ccc(C)cc1)[S@@](=O)c1ccc(C)cc1. The molecule has 2 atom stereocenters. The van der Waals surface area contributed by atoms with Gasteiger partial charge in [0.05, 0.1) is 21.6 Å². The molecule has 0 amide bonds. The van der Waals surface area contributed by atoms with E-state index < -0.39 is 26.2 Å². The topological polar surface area (TPSA) is 34.1 Å². The highest BCUT2D eigenvalue weighted by Gasteiger charge is 2.27. The average Bonchev–Trinajstić information content (AvgIpc) is 2.64. The van der Waals surface area contributed by atoms with Crippen LogP contribution in [0.5, 0.6) is 0 Å². The van der Waals surface area contributed by atoms with E-state index >= 15 is 0 Å². The van der Waals surface area contributed by atoms with E-state index in [1.807, 2.05) is 62.4 Å². The maximum atomic E-state index is 13.4. The van der Waals surface area contributed by atoms with Gasteiger partial charge in [-0.25, -0.2) is 0 Å². The third kappa shape index (κ3) is 7.62. The lowest BCUT2D eigenvalue weighted by Crippen LogP contribution is -2.23. The van der Waals surface area contributed by atoms with Gasteiger partial charge in [0, 0.05) is 9.79 Å². The summed E-state index contributed by atoms with van der Waals surface area (Å²) in [6, 6.07) is 15.4. The smallest absolute Gasteiger partial charge is 0.119 e. The number of allylic oxidation sites excluding steroid dienone is 1. The largest absolute Gasteiger partial charge is 0.253 e. The highest BCUT2D eigenvalue weighted by atomic mass is 79.9. The molecular formula is C24H31BrO2S2. The van der Waals surface area contributed by atoms with Crippen LogP contribution >= 0.6 is 15.9 Å². The molecule has 0 aliphatic heterocycles. The minimum Gasteiger partial charge on any atom is -0.253 e. The van der Waals surface area contributed by atoms with Crippen LogP contribution in [-0.4, -0.2) is 13.0 Å². The second-order valence-electron chi connectivity index (χ2n) is 8.40. The number of hydrogen-bond donors (Lipinski definition) is 0. The molecular weight excluding hydrogens is 464 g/mol. The van der Waals surface area contributed by atoms with Crippen molar-refractivity contribution < 1.29 is 8.42 Å². The molecule has 2 rings (SSSR count). The Hall–Kier alpha value is -1.04. The van der Waals surface area contributed by atoms with Gasteiger partial charge >= 0.3 is 0 Å². The molecule has 2 aromatic carbocycles. The zero-order valence-electron chi connectivity index (χ0n) is 17.7. The predicted molar refractivity (Wildman–Crippen MR) is 129 cm³/mol. The fourth-order valence-electron chi connectivity index (χ4n) is 3.30. The van der Waals surface area contributed by atoms with Crippen LogP contribution in [0, 0.1) is 19.3 Å². The summed E-state index contributed by atoms with van der Waals surface area (Å²) in [5.74, 6) is 0. The van der Waals surface area contributed by atoms with E-state index in [9.17, 15) is 8.42 Å². The summed E-state index contributed by atoms with van der Waals surface area (Å²) < 4.78 is 27.3. The molecule has 5 heteroatoms. The fraction of sp³-hybridized carbons (Fsp3) is 0.417. The van der Waals surface area contributed by atoms with Crippen LogP contribution in [0.3, 0.4) is 0 Å². The molecule has 0 radical (unpaired) electrons. The summed E-state index contributed by atoms with van der Waals surface area (Å²) >= 11 is 3.46. The summed E-state index contributed by atoms with van der Waals surface area (Å²) in [5.41, 5.74) is 2.35. The first-order valence-electron chi connectivity index (χ1n) is 9.87. The van der Waals surface area contributed by atoms with Crippen molar-refractivity contribution in [2.45, 2.75) is 67.8 Å². The summed E-state index contributed by atoms with van der Waals surface area (Å²) in [6.07, 6.45) is 3.37. The number of halogens is 1. The van der Waals surface area contributed by atoms with E-state index in [1.54, 1.807) is 0 Å². The first kappa shape index (κ1) is 24.2. The highest BCUT2D eigenvalue weighted by molar-refractivity contribution is 9.11. The fourth-order valence-corrected chi connectivity index (χ4v) is 7.53. The van der Waals surface area contributed by atoms with Crippen LogP contribution in [0.1, 0.15) is 50.7 Å². The van der Waals surface area contributed by atoms with Gasteiger partial charge in [-0.05, 0) is 67.3 Å². The third-order valence-electron chi connectivity index (χ3n) is 4.95. The Bertz CT molecular complexity index is 813. The molecule has 0 saturated heterocycles. The van der Waals surface area contributed by atoms with Crippen LogP contribution < -0.4 is 0 Å². The van der Waals surface area contributed by atoms with E-state index in [-0.39, 0.29) is 5.41 Å². The summed E-state index contributed by atoms with van der Waals surface area (Å²) in [5, 5.41) is 0. The van der Waals surface area contributed by atoms with E-state index in [4.69, 9.17) is 0 Å². The monoisotopic (exact) mass is 494 g/mol. The first-order valence-corrected chi connectivity index (χ1v) is 13.1. The highest BCUT2D eigenvalue weighted by Crippen LogP contribution is 2.34. The molecule has 0 N–H and O–H groups in total. The molecule has 0 unspecified atom stereocenters. The van der Waals surface area contributed by atoms with Crippen LogP contribution in [0.25, 0.3) is 0 Å². The standard InChI is InChI=1S/C24H31BrO2S2/c1-18-8-12-21(13-9-18)28(26)23(7-6-16-24(4,5)17-20(3)25)29(27)22-14-10-19(2)11-15-22/h8-15,23H,3,6-7,16-17H2,1-2,4-5H3/t28-,29-/m0/s1. The number of benzene rings is 2. The molecule has 0 bridgehead atoms. The van der Waals surface area contributed by atoms with Crippen molar-refractivity contribution in [2.75, 3.05) is 0 Å². The lowest BCUT2D eigenvalue weighted by Gasteiger charge is -2.25. The maximum Gasteiger partial charge on any atom is 0.119 e. The van der Waals surface area contributed by atoms with Gasteiger partial charge in [-0.3, -0.25) is 8.42 Å². The van der Waals surface area contributed by atoms with Crippen molar-refractivity contribution in [2.24, 2.45) is 5.41 Å². The van der Waals surface area contributed by atoms with E-state index in [1.165, 1.54) is 0 Å². The zero-order valence-corrected chi connectivity index (χ0v) is 21.0. The van der Waals surface area contributed by atoms with Crippen LogP contribution in [0.4, 0.5) is 0 Å². The molecule has 0 spiro atoms. The predicted octanol–water partition coefficient (Wildman–Crippen LogP) is 7.04. The minimum absolute atomic E-state index is 0.0990. The number of hydrogen-bond acceptors (Lipinski definition) is 2. The molecule has 0 aliphatic rings. The molecule has 0 saturated carbocycles. The van der Waals surface area contributed by atoms with Crippen molar-refractivity contribution >= 4 is 37.5 Å². The molecule has 0 aliphatic carbocycles. The van der Waals surface area contributed by atoms with Crippen molar-refractivity contribution in [3.05, 3.63) is 70.7 Å². The van der Waals surface area contributed by atoms with Gasteiger partial charge in [-0.1, -0.05) is 78.2 Å². The van der Waals surface area contributed by atoms with Crippen molar-refractivity contribution in [1.82, 2.24) is 0 Å². The average molecular weight is 496 g/mol. The molecule has 0 fully saturated rings. The molecule has 2 nitrogen and oxygen atoms in total. The Balaban J connectivity index is 2.21. The number of aryl methyl sites for hydroxylation is 2. The van der Waals surface area contributed by atoms with Gasteiger partial charge in [0.1, 0.15) is 4.58 Å². The quantitative estimate of drug-likeness (QED) is 0.354. The summed E-state index contributed by atoms with van der Waals surface area (Å²) in [4.78, 5) is 1.49. The summed E-state index contributed by atoms with van der Waals surface area (Å²) in [7, 11) is -2.66. The van der Waals surface area contributed by atoms with Gasteiger partial charge in [-0.15, -0.1) is 0 Å². The lowest BCUT2D eigenvalue weighted by atomic mass is 9.84. The zero-order chi connectivity index (χ0) is 21.6. The Labute approximate surface area is 189 Å². The molecule has 0 heterocycles. The first-order chi connectivity index (χ1) is 13.6.